The highest BCUT2D eigenvalue weighted by Gasteiger charge is 2.20. The second-order valence-corrected chi connectivity index (χ2v) is 17.5. The van der Waals surface area contributed by atoms with Gasteiger partial charge in [0.15, 0.2) is 0 Å². The second kappa shape index (κ2) is 46.5. The molecule has 3 N–H and O–H groups in total. The lowest BCUT2D eigenvalue weighted by Crippen LogP contribution is -2.45. The number of hydrogen-bond acceptors (Lipinski definition) is 5. The van der Waals surface area contributed by atoms with Crippen LogP contribution in [0.5, 0.6) is 0 Å². The topological polar surface area (TPSA) is 95.9 Å². The first-order valence-corrected chi connectivity index (χ1v) is 25.3. The van der Waals surface area contributed by atoms with Crippen molar-refractivity contribution in [3.8, 4) is 0 Å². The standard InChI is InChI=1S/C50H99NO5/c1-3-5-7-9-11-13-15-17-18-19-20-21-23-28-32-36-40-44-50(55)56-45-41-37-33-29-25-24-27-31-35-39-43-49(54)51-47(46-52)48(53)42-38-34-30-26-22-16-14-12-10-8-6-4-2/h47-48,52-53H,3-46H2,1-2H3,(H,51,54). The van der Waals surface area contributed by atoms with Crippen LogP contribution in [0, 0.1) is 0 Å². The van der Waals surface area contributed by atoms with E-state index >= 15 is 0 Å². The van der Waals surface area contributed by atoms with Crippen molar-refractivity contribution in [3.63, 3.8) is 0 Å². The molecule has 0 aliphatic rings. The minimum atomic E-state index is -0.676. The molecule has 0 spiro atoms. The van der Waals surface area contributed by atoms with E-state index in [9.17, 15) is 19.8 Å². The number of nitrogens with one attached hydrogen (secondary N) is 1. The Morgan fingerprint density at radius 3 is 1.09 bits per heavy atom. The van der Waals surface area contributed by atoms with E-state index in [0.717, 1.165) is 57.8 Å². The van der Waals surface area contributed by atoms with Crippen molar-refractivity contribution in [2.75, 3.05) is 13.2 Å². The van der Waals surface area contributed by atoms with Gasteiger partial charge in [0.1, 0.15) is 0 Å². The zero-order valence-corrected chi connectivity index (χ0v) is 37.9. The maximum Gasteiger partial charge on any atom is 0.305 e. The lowest BCUT2D eigenvalue weighted by atomic mass is 10.0. The van der Waals surface area contributed by atoms with Crippen LogP contribution in [0.4, 0.5) is 0 Å². The third-order valence-electron chi connectivity index (χ3n) is 11.9. The summed E-state index contributed by atoms with van der Waals surface area (Å²) >= 11 is 0. The predicted octanol–water partition coefficient (Wildman–Crippen LogP) is 14.8. The number of carbonyl (C=O) groups is 2. The molecule has 0 aliphatic carbocycles. The summed E-state index contributed by atoms with van der Waals surface area (Å²) in [5.74, 6) is -0.0712. The van der Waals surface area contributed by atoms with Gasteiger partial charge in [-0.05, 0) is 25.7 Å². The zero-order chi connectivity index (χ0) is 40.8. The van der Waals surface area contributed by atoms with Crippen molar-refractivity contribution in [1.82, 2.24) is 5.32 Å². The average Bonchev–Trinajstić information content (AvgIpc) is 3.20. The van der Waals surface area contributed by atoms with Gasteiger partial charge >= 0.3 is 5.97 Å². The number of amides is 1. The molecule has 6 nitrogen and oxygen atoms in total. The summed E-state index contributed by atoms with van der Waals surface area (Å²) in [5.41, 5.74) is 0. The highest BCUT2D eigenvalue weighted by Crippen LogP contribution is 2.17. The normalized spacial score (nSPS) is 12.6. The highest BCUT2D eigenvalue weighted by molar-refractivity contribution is 5.76. The first-order chi connectivity index (χ1) is 27.5. The van der Waals surface area contributed by atoms with Gasteiger partial charge in [-0.2, -0.15) is 0 Å². The largest absolute Gasteiger partial charge is 0.466 e. The molecule has 0 aromatic rings. The van der Waals surface area contributed by atoms with Crippen LogP contribution in [-0.2, 0) is 14.3 Å². The van der Waals surface area contributed by atoms with Gasteiger partial charge < -0.3 is 20.3 Å². The Morgan fingerprint density at radius 1 is 0.429 bits per heavy atom. The predicted molar refractivity (Wildman–Crippen MR) is 241 cm³/mol. The fourth-order valence-corrected chi connectivity index (χ4v) is 7.99. The first-order valence-electron chi connectivity index (χ1n) is 25.3. The minimum Gasteiger partial charge on any atom is -0.466 e. The smallest absolute Gasteiger partial charge is 0.305 e. The van der Waals surface area contributed by atoms with E-state index in [2.05, 4.69) is 19.2 Å². The molecule has 0 rings (SSSR count). The quantitative estimate of drug-likeness (QED) is 0.0421. The number of ether oxygens (including phenoxy) is 1. The molecule has 56 heavy (non-hydrogen) atoms. The van der Waals surface area contributed by atoms with Crippen LogP contribution in [0.15, 0.2) is 0 Å². The fourth-order valence-electron chi connectivity index (χ4n) is 7.99. The molecular formula is C50H99NO5. The molecule has 0 fully saturated rings. The van der Waals surface area contributed by atoms with Crippen LogP contribution in [0.25, 0.3) is 0 Å². The van der Waals surface area contributed by atoms with E-state index in [-0.39, 0.29) is 18.5 Å². The van der Waals surface area contributed by atoms with Crippen molar-refractivity contribution in [2.45, 2.75) is 296 Å². The Morgan fingerprint density at radius 2 is 0.732 bits per heavy atom. The molecule has 0 aromatic carbocycles. The third-order valence-corrected chi connectivity index (χ3v) is 11.9. The first kappa shape index (κ1) is 54.9. The van der Waals surface area contributed by atoms with Crippen molar-refractivity contribution in [3.05, 3.63) is 0 Å². The maximum atomic E-state index is 12.4. The molecular weight excluding hydrogens is 695 g/mol. The lowest BCUT2D eigenvalue weighted by molar-refractivity contribution is -0.143. The molecule has 1 amide bonds. The van der Waals surface area contributed by atoms with Gasteiger partial charge in [-0.15, -0.1) is 0 Å². The van der Waals surface area contributed by atoms with Gasteiger partial charge in [-0.3, -0.25) is 9.59 Å². The summed E-state index contributed by atoms with van der Waals surface area (Å²) in [5, 5.41) is 23.1. The average molecular weight is 794 g/mol. The van der Waals surface area contributed by atoms with Crippen LogP contribution in [0.1, 0.15) is 284 Å². The summed E-state index contributed by atoms with van der Waals surface area (Å²) in [6.07, 6.45) is 50.7. The summed E-state index contributed by atoms with van der Waals surface area (Å²) < 4.78 is 5.46. The summed E-state index contributed by atoms with van der Waals surface area (Å²) in [6, 6.07) is -0.555. The Labute approximate surface area is 349 Å². The molecule has 334 valence electrons. The van der Waals surface area contributed by atoms with Gasteiger partial charge in [0, 0.05) is 12.8 Å². The van der Waals surface area contributed by atoms with Gasteiger partial charge in [0.25, 0.3) is 0 Å². The van der Waals surface area contributed by atoms with E-state index in [0.29, 0.717) is 25.9 Å². The monoisotopic (exact) mass is 794 g/mol. The zero-order valence-electron chi connectivity index (χ0n) is 37.9. The molecule has 0 saturated carbocycles. The number of hydrogen-bond donors (Lipinski definition) is 3. The minimum absolute atomic E-state index is 0.0146. The van der Waals surface area contributed by atoms with Crippen LogP contribution in [0.2, 0.25) is 0 Å². The van der Waals surface area contributed by atoms with E-state index in [1.807, 2.05) is 0 Å². The lowest BCUT2D eigenvalue weighted by Gasteiger charge is -2.22. The van der Waals surface area contributed by atoms with Crippen molar-refractivity contribution >= 4 is 11.9 Å². The Kier molecular flexibility index (Phi) is 45.6. The molecule has 6 heteroatoms. The second-order valence-electron chi connectivity index (χ2n) is 17.5. The number of rotatable bonds is 47. The van der Waals surface area contributed by atoms with E-state index < -0.39 is 12.1 Å². The van der Waals surface area contributed by atoms with Crippen molar-refractivity contribution in [2.24, 2.45) is 0 Å². The number of unbranched alkanes of at least 4 members (excludes halogenated alkanes) is 36. The molecule has 0 heterocycles. The van der Waals surface area contributed by atoms with E-state index in [1.54, 1.807) is 0 Å². The van der Waals surface area contributed by atoms with Crippen LogP contribution >= 0.6 is 0 Å². The van der Waals surface area contributed by atoms with E-state index in [1.165, 1.54) is 193 Å². The molecule has 0 radical (unpaired) electrons. The van der Waals surface area contributed by atoms with Crippen LogP contribution < -0.4 is 5.32 Å². The molecule has 0 aliphatic heterocycles. The summed E-state index contributed by atoms with van der Waals surface area (Å²) in [6.45, 7) is 4.91. The maximum absolute atomic E-state index is 12.4. The third kappa shape index (κ3) is 42.5. The summed E-state index contributed by atoms with van der Waals surface area (Å²) in [4.78, 5) is 24.5. The van der Waals surface area contributed by atoms with Crippen molar-refractivity contribution in [1.29, 1.82) is 0 Å². The Hall–Kier alpha value is -1.14. The molecule has 0 saturated heterocycles. The van der Waals surface area contributed by atoms with Gasteiger partial charge in [0.2, 0.25) is 5.91 Å². The molecule has 0 aromatic heterocycles. The number of carbonyl (C=O) groups excluding carboxylic acids is 2. The number of aliphatic hydroxyl groups is 2. The SMILES string of the molecule is CCCCCCCCCCCCCCCCCCCC(=O)OCCCCCCCCCCCCC(=O)NC(CO)C(O)CCCCCCCCCCCCCC. The number of esters is 1. The van der Waals surface area contributed by atoms with Gasteiger partial charge in [-0.25, -0.2) is 0 Å². The molecule has 2 unspecified atom stereocenters. The fraction of sp³-hybridized carbons (Fsp3) is 0.960. The summed E-state index contributed by atoms with van der Waals surface area (Å²) in [7, 11) is 0. The van der Waals surface area contributed by atoms with E-state index in [4.69, 9.17) is 4.74 Å². The number of aliphatic hydroxyl groups excluding tert-OH is 2. The van der Waals surface area contributed by atoms with Gasteiger partial charge in [0.05, 0.1) is 25.4 Å². The Bertz CT molecular complexity index is 791. The Balaban J connectivity index is 3.43. The molecule has 2 atom stereocenters. The highest BCUT2D eigenvalue weighted by atomic mass is 16.5. The molecule has 0 bridgehead atoms. The van der Waals surface area contributed by atoms with Crippen molar-refractivity contribution < 1.29 is 24.5 Å². The van der Waals surface area contributed by atoms with Crippen LogP contribution in [0.3, 0.4) is 0 Å². The van der Waals surface area contributed by atoms with Gasteiger partial charge in [-0.1, -0.05) is 245 Å². The van der Waals surface area contributed by atoms with Crippen LogP contribution in [-0.4, -0.2) is 47.4 Å².